The first-order valence-corrected chi connectivity index (χ1v) is 7.63. The Bertz CT molecular complexity index is 601. The third kappa shape index (κ3) is 4.22. The topological polar surface area (TPSA) is 30.5 Å². The van der Waals surface area contributed by atoms with E-state index >= 15 is 0 Å². The lowest BCUT2D eigenvalue weighted by Gasteiger charge is -2.16. The Balaban J connectivity index is 2.05. The molecule has 0 aliphatic heterocycles. The van der Waals surface area contributed by atoms with Crippen molar-refractivity contribution < 1.29 is 9.47 Å². The van der Waals surface area contributed by atoms with Crippen LogP contribution in [0.3, 0.4) is 0 Å². The third-order valence-corrected chi connectivity index (χ3v) is 4.22. The van der Waals surface area contributed by atoms with Crippen molar-refractivity contribution in [1.29, 1.82) is 0 Å². The van der Waals surface area contributed by atoms with Crippen LogP contribution in [-0.2, 0) is 6.54 Å². The first kappa shape index (κ1) is 15.9. The van der Waals surface area contributed by atoms with Crippen LogP contribution in [0.4, 0.5) is 0 Å². The number of methoxy groups -OCH3 is 2. The van der Waals surface area contributed by atoms with E-state index in [1.54, 1.807) is 14.2 Å². The van der Waals surface area contributed by atoms with Gasteiger partial charge in [0.05, 0.1) is 14.2 Å². The van der Waals surface area contributed by atoms with Gasteiger partial charge >= 0.3 is 0 Å². The third-order valence-electron chi connectivity index (χ3n) is 3.45. The predicted molar refractivity (Wildman–Crippen MR) is 88.9 cm³/mol. The molecule has 0 fully saturated rings. The van der Waals surface area contributed by atoms with Crippen molar-refractivity contribution >= 4 is 15.9 Å². The average Bonchev–Trinajstić information content (AvgIpc) is 2.53. The SMILES string of the molecule is COc1cccc([C@H](C)NCc2cc(OC)ccc2Br)c1. The van der Waals surface area contributed by atoms with Gasteiger partial charge in [0.15, 0.2) is 0 Å². The fourth-order valence-corrected chi connectivity index (χ4v) is 2.49. The largest absolute Gasteiger partial charge is 0.497 e. The van der Waals surface area contributed by atoms with E-state index in [-0.39, 0.29) is 6.04 Å². The van der Waals surface area contributed by atoms with E-state index in [0.717, 1.165) is 22.5 Å². The highest BCUT2D eigenvalue weighted by Gasteiger charge is 2.08. The zero-order chi connectivity index (χ0) is 15.2. The number of hydrogen-bond acceptors (Lipinski definition) is 3. The molecular weight excluding hydrogens is 330 g/mol. The number of rotatable bonds is 6. The smallest absolute Gasteiger partial charge is 0.119 e. The van der Waals surface area contributed by atoms with E-state index < -0.39 is 0 Å². The van der Waals surface area contributed by atoms with Crippen LogP contribution in [0.1, 0.15) is 24.1 Å². The summed E-state index contributed by atoms with van der Waals surface area (Å²) in [5, 5.41) is 3.52. The van der Waals surface area contributed by atoms with E-state index in [1.165, 1.54) is 11.1 Å². The van der Waals surface area contributed by atoms with Crippen LogP contribution in [0.25, 0.3) is 0 Å². The second-order valence-corrected chi connectivity index (χ2v) is 5.69. The van der Waals surface area contributed by atoms with Crippen molar-refractivity contribution in [2.75, 3.05) is 14.2 Å². The molecule has 3 nitrogen and oxygen atoms in total. The Morgan fingerprint density at radius 3 is 2.48 bits per heavy atom. The zero-order valence-electron chi connectivity index (χ0n) is 12.5. The van der Waals surface area contributed by atoms with E-state index in [2.05, 4.69) is 40.3 Å². The molecule has 21 heavy (non-hydrogen) atoms. The zero-order valence-corrected chi connectivity index (χ0v) is 14.1. The highest BCUT2D eigenvalue weighted by atomic mass is 79.9. The van der Waals surface area contributed by atoms with Crippen LogP contribution < -0.4 is 14.8 Å². The number of halogens is 1. The molecule has 0 aliphatic rings. The molecule has 112 valence electrons. The Kier molecular flexibility index (Phi) is 5.65. The molecule has 0 heterocycles. The summed E-state index contributed by atoms with van der Waals surface area (Å²) in [7, 11) is 3.36. The molecule has 1 atom stereocenters. The van der Waals surface area contributed by atoms with Gasteiger partial charge in [0, 0.05) is 17.1 Å². The van der Waals surface area contributed by atoms with E-state index in [4.69, 9.17) is 9.47 Å². The van der Waals surface area contributed by atoms with Gasteiger partial charge in [-0.25, -0.2) is 0 Å². The minimum Gasteiger partial charge on any atom is -0.497 e. The summed E-state index contributed by atoms with van der Waals surface area (Å²) in [6.07, 6.45) is 0. The van der Waals surface area contributed by atoms with Crippen LogP contribution in [-0.4, -0.2) is 14.2 Å². The summed E-state index contributed by atoms with van der Waals surface area (Å²) in [5.74, 6) is 1.74. The van der Waals surface area contributed by atoms with E-state index in [0.29, 0.717) is 0 Å². The molecule has 2 rings (SSSR count). The van der Waals surface area contributed by atoms with E-state index in [9.17, 15) is 0 Å². The molecule has 2 aromatic carbocycles. The quantitative estimate of drug-likeness (QED) is 0.842. The fourth-order valence-electron chi connectivity index (χ4n) is 2.11. The minimum absolute atomic E-state index is 0.234. The molecular formula is C17H20BrNO2. The fraction of sp³-hybridized carbons (Fsp3) is 0.294. The van der Waals surface area contributed by atoms with E-state index in [1.807, 2.05) is 30.3 Å². The maximum absolute atomic E-state index is 5.27. The summed E-state index contributed by atoms with van der Waals surface area (Å²) in [6, 6.07) is 14.3. The molecule has 0 amide bonds. The Morgan fingerprint density at radius 2 is 1.76 bits per heavy atom. The highest BCUT2D eigenvalue weighted by molar-refractivity contribution is 9.10. The molecule has 4 heteroatoms. The molecule has 0 saturated carbocycles. The van der Waals surface area contributed by atoms with Crippen molar-refractivity contribution in [2.24, 2.45) is 0 Å². The van der Waals surface area contributed by atoms with Crippen molar-refractivity contribution in [3.63, 3.8) is 0 Å². The van der Waals surface area contributed by atoms with Crippen molar-refractivity contribution in [1.82, 2.24) is 5.32 Å². The van der Waals surface area contributed by atoms with Gasteiger partial charge in [-0.1, -0.05) is 28.1 Å². The van der Waals surface area contributed by atoms with Crippen molar-refractivity contribution in [2.45, 2.75) is 19.5 Å². The Morgan fingerprint density at radius 1 is 1.05 bits per heavy atom. The molecule has 0 aromatic heterocycles. The van der Waals surface area contributed by atoms with Crippen LogP contribution in [0, 0.1) is 0 Å². The lowest BCUT2D eigenvalue weighted by atomic mass is 10.1. The van der Waals surface area contributed by atoms with Gasteiger partial charge in [0.2, 0.25) is 0 Å². The molecule has 0 bridgehead atoms. The van der Waals surface area contributed by atoms with Gasteiger partial charge < -0.3 is 14.8 Å². The number of hydrogen-bond donors (Lipinski definition) is 1. The standard InChI is InChI=1S/C17H20BrNO2/c1-12(13-5-4-6-15(9-13)20-2)19-11-14-10-16(21-3)7-8-17(14)18/h4-10,12,19H,11H2,1-3H3/t12-/m0/s1. The minimum atomic E-state index is 0.234. The second kappa shape index (κ2) is 7.48. The Hall–Kier alpha value is -1.52. The van der Waals surface area contributed by atoms with Gasteiger partial charge in [-0.15, -0.1) is 0 Å². The first-order valence-electron chi connectivity index (χ1n) is 6.83. The monoisotopic (exact) mass is 349 g/mol. The molecule has 2 aromatic rings. The highest BCUT2D eigenvalue weighted by Crippen LogP contribution is 2.24. The molecule has 0 saturated heterocycles. The van der Waals surface area contributed by atoms with Crippen LogP contribution in [0.15, 0.2) is 46.9 Å². The molecule has 0 spiro atoms. The number of benzene rings is 2. The summed E-state index contributed by atoms with van der Waals surface area (Å²) in [5.41, 5.74) is 2.37. The van der Waals surface area contributed by atoms with Crippen molar-refractivity contribution in [3.8, 4) is 11.5 Å². The average molecular weight is 350 g/mol. The van der Waals surface area contributed by atoms with Crippen LogP contribution >= 0.6 is 15.9 Å². The summed E-state index contributed by atoms with van der Waals surface area (Å²) < 4.78 is 11.6. The van der Waals surface area contributed by atoms with Crippen LogP contribution in [0.5, 0.6) is 11.5 Å². The van der Waals surface area contributed by atoms with Gasteiger partial charge in [0.25, 0.3) is 0 Å². The summed E-state index contributed by atoms with van der Waals surface area (Å²) in [4.78, 5) is 0. The molecule has 0 radical (unpaired) electrons. The number of nitrogens with one attached hydrogen (secondary N) is 1. The Labute approximate surface area is 134 Å². The molecule has 0 unspecified atom stereocenters. The maximum Gasteiger partial charge on any atom is 0.119 e. The summed E-state index contributed by atoms with van der Waals surface area (Å²) in [6.45, 7) is 2.90. The van der Waals surface area contributed by atoms with Gasteiger partial charge in [-0.2, -0.15) is 0 Å². The maximum atomic E-state index is 5.27. The lowest BCUT2D eigenvalue weighted by Crippen LogP contribution is -2.18. The molecule has 1 N–H and O–H groups in total. The van der Waals surface area contributed by atoms with Gasteiger partial charge in [0.1, 0.15) is 11.5 Å². The van der Waals surface area contributed by atoms with Crippen molar-refractivity contribution in [3.05, 3.63) is 58.1 Å². The number of ether oxygens (including phenoxy) is 2. The van der Waals surface area contributed by atoms with Crippen LogP contribution in [0.2, 0.25) is 0 Å². The molecule has 0 aliphatic carbocycles. The predicted octanol–water partition coefficient (Wildman–Crippen LogP) is 4.32. The summed E-state index contributed by atoms with van der Waals surface area (Å²) >= 11 is 3.57. The van der Waals surface area contributed by atoms with Gasteiger partial charge in [-0.3, -0.25) is 0 Å². The van der Waals surface area contributed by atoms with Gasteiger partial charge in [-0.05, 0) is 48.4 Å². The normalized spacial score (nSPS) is 12.0. The lowest BCUT2D eigenvalue weighted by molar-refractivity contribution is 0.412. The first-order chi connectivity index (χ1) is 10.1. The second-order valence-electron chi connectivity index (χ2n) is 4.84.